The van der Waals surface area contributed by atoms with Crippen LogP contribution in [-0.2, 0) is 4.74 Å². The predicted molar refractivity (Wildman–Crippen MR) is 173 cm³/mol. The first-order chi connectivity index (χ1) is 22.3. The number of hydrogen-bond donors (Lipinski definition) is 4. The third-order valence-electron chi connectivity index (χ3n) is 8.18. The van der Waals surface area contributed by atoms with Gasteiger partial charge < -0.3 is 30.1 Å². The number of anilines is 3. The number of piperazine rings is 1. The maximum atomic E-state index is 13.5. The summed E-state index contributed by atoms with van der Waals surface area (Å²) < 4.78 is 10.4. The minimum atomic E-state index is -0.737. The third kappa shape index (κ3) is 7.52. The zero-order valence-corrected chi connectivity index (χ0v) is 26.9. The summed E-state index contributed by atoms with van der Waals surface area (Å²) in [5.41, 5.74) is 1.43. The average Bonchev–Trinajstić information content (AvgIpc) is 3.58. The second kappa shape index (κ2) is 15.3. The number of aromatic nitrogens is 3. The van der Waals surface area contributed by atoms with E-state index in [-0.39, 0.29) is 29.7 Å². The molecule has 15 nitrogen and oxygen atoms in total. The molecule has 0 aliphatic carbocycles. The molecule has 4 heterocycles. The Morgan fingerprint density at radius 3 is 2.48 bits per heavy atom. The number of β-amino-alcohol motifs (C(OH)–C–C–N with tert-alkyl or cyclic N) is 1. The molecule has 2 aromatic heterocycles. The van der Waals surface area contributed by atoms with E-state index < -0.39 is 12.0 Å². The number of aliphatic hydroxyl groups excluding tert-OH is 1. The Kier molecular flexibility index (Phi) is 11.0. The molecule has 0 saturated carbocycles. The summed E-state index contributed by atoms with van der Waals surface area (Å²) in [4.78, 5) is 49.6. The molecule has 2 aliphatic rings. The van der Waals surface area contributed by atoms with Gasteiger partial charge in [-0.05, 0) is 25.0 Å². The van der Waals surface area contributed by atoms with Gasteiger partial charge in [-0.15, -0.1) is 21.5 Å². The largest absolute Gasteiger partial charge is 0.494 e. The van der Waals surface area contributed by atoms with E-state index in [1.165, 1.54) is 38.7 Å². The zero-order valence-electron chi connectivity index (χ0n) is 26.1. The average molecular weight is 654 g/mol. The first-order valence-corrected chi connectivity index (χ1v) is 15.9. The first-order valence-electron chi connectivity index (χ1n) is 15.1. The van der Waals surface area contributed by atoms with Crippen LogP contribution in [-0.4, -0.2) is 133 Å². The fourth-order valence-electron chi connectivity index (χ4n) is 5.74. The number of nitrogens with zero attached hydrogens (tertiary/aromatic N) is 6. The van der Waals surface area contributed by atoms with Gasteiger partial charge in [-0.1, -0.05) is 6.07 Å². The molecular formula is C30H39N9O6S. The molecule has 16 heteroatoms. The van der Waals surface area contributed by atoms with E-state index in [2.05, 4.69) is 45.7 Å². The van der Waals surface area contributed by atoms with Gasteiger partial charge in [0.15, 0.2) is 17.3 Å². The molecule has 0 bridgehead atoms. The minimum Gasteiger partial charge on any atom is -0.494 e. The van der Waals surface area contributed by atoms with E-state index >= 15 is 0 Å². The number of aliphatic hydroxyl groups is 1. The summed E-state index contributed by atoms with van der Waals surface area (Å²) in [5.74, 6) is -0.00264. The highest BCUT2D eigenvalue weighted by Gasteiger charge is 2.30. The maximum absolute atomic E-state index is 13.5. The Bertz CT molecular complexity index is 1540. The normalized spacial score (nSPS) is 16.1. The van der Waals surface area contributed by atoms with Crippen LogP contribution in [0.4, 0.5) is 22.0 Å². The summed E-state index contributed by atoms with van der Waals surface area (Å²) in [6, 6.07) is 7.33. The highest BCUT2D eigenvalue weighted by Crippen LogP contribution is 2.40. The number of methoxy groups -OCH3 is 2. The summed E-state index contributed by atoms with van der Waals surface area (Å²) in [6.45, 7) is 6.20. The van der Waals surface area contributed by atoms with E-state index in [1.807, 2.05) is 11.0 Å². The third-order valence-corrected chi connectivity index (χ3v) is 9.20. The van der Waals surface area contributed by atoms with Gasteiger partial charge in [-0.2, -0.15) is 0 Å². The van der Waals surface area contributed by atoms with Gasteiger partial charge in [0.05, 0.1) is 44.0 Å². The van der Waals surface area contributed by atoms with Crippen molar-refractivity contribution in [1.82, 2.24) is 35.2 Å². The lowest BCUT2D eigenvalue weighted by atomic mass is 10.0. The van der Waals surface area contributed by atoms with Gasteiger partial charge in [-0.25, -0.2) is 9.78 Å². The number of nitrogens with one attached hydrogen (secondary N) is 3. The molecule has 5 rings (SSSR count). The van der Waals surface area contributed by atoms with Crippen molar-refractivity contribution in [3.63, 3.8) is 0 Å². The number of piperidine rings is 1. The fourth-order valence-corrected chi connectivity index (χ4v) is 6.65. The van der Waals surface area contributed by atoms with Crippen molar-refractivity contribution in [2.75, 3.05) is 84.3 Å². The van der Waals surface area contributed by atoms with Crippen molar-refractivity contribution in [3.05, 3.63) is 41.0 Å². The van der Waals surface area contributed by atoms with Crippen molar-refractivity contribution < 1.29 is 29.0 Å². The summed E-state index contributed by atoms with van der Waals surface area (Å²) in [5, 5.41) is 25.8. The van der Waals surface area contributed by atoms with Crippen LogP contribution in [0.1, 0.15) is 33.0 Å². The van der Waals surface area contributed by atoms with Crippen molar-refractivity contribution >= 4 is 46.4 Å². The van der Waals surface area contributed by atoms with E-state index in [0.29, 0.717) is 46.0 Å². The number of amides is 3. The van der Waals surface area contributed by atoms with E-state index in [1.54, 1.807) is 18.3 Å². The molecule has 4 N–H and O–H groups in total. The maximum Gasteiger partial charge on any atom is 0.412 e. The molecule has 46 heavy (non-hydrogen) atoms. The van der Waals surface area contributed by atoms with Crippen LogP contribution in [0.3, 0.4) is 0 Å². The van der Waals surface area contributed by atoms with Crippen molar-refractivity contribution in [3.8, 4) is 16.3 Å². The second-order valence-corrected chi connectivity index (χ2v) is 11.9. The Hall–Kier alpha value is -4.38. The van der Waals surface area contributed by atoms with Crippen LogP contribution in [0.5, 0.6) is 5.75 Å². The number of ether oxygens (including phenoxy) is 2. The van der Waals surface area contributed by atoms with Gasteiger partial charge in [0.1, 0.15) is 9.88 Å². The van der Waals surface area contributed by atoms with Crippen LogP contribution in [0.15, 0.2) is 30.5 Å². The zero-order chi connectivity index (χ0) is 32.6. The molecule has 3 amide bonds. The molecule has 0 unspecified atom stereocenters. The fraction of sp³-hybridized carbons (Fsp3) is 0.467. The monoisotopic (exact) mass is 653 g/mol. The van der Waals surface area contributed by atoms with Crippen molar-refractivity contribution in [2.24, 2.45) is 0 Å². The number of likely N-dealkylation sites (tertiary alicyclic amines) is 1. The van der Waals surface area contributed by atoms with Crippen LogP contribution in [0.25, 0.3) is 10.6 Å². The quantitative estimate of drug-likeness (QED) is 0.251. The Morgan fingerprint density at radius 2 is 1.80 bits per heavy atom. The van der Waals surface area contributed by atoms with Gasteiger partial charge in [0.2, 0.25) is 0 Å². The first kappa shape index (κ1) is 33.0. The van der Waals surface area contributed by atoms with Gasteiger partial charge in [0, 0.05) is 65.0 Å². The van der Waals surface area contributed by atoms with Crippen molar-refractivity contribution in [2.45, 2.75) is 18.9 Å². The number of carbonyl (C=O) groups is 3. The second-order valence-electron chi connectivity index (χ2n) is 10.9. The molecule has 0 atom stereocenters. The standard InChI is InChI=1S/C30H39N9O6S/c1-31-27(41)25-22(17-24(35-36-25)34-30(43)45-3)33-21-6-4-5-20(26(21)44-2)28-32-18-23(46-28)29(42)39-9-7-19(8-10-39)38-13-11-37(12-14-38)15-16-40/h4-6,17-19,40H,7-16H2,1-3H3,(H,31,41)(H2,33,34,35,43). The van der Waals surface area contributed by atoms with Gasteiger partial charge in [-0.3, -0.25) is 24.7 Å². The summed E-state index contributed by atoms with van der Waals surface area (Å²) >= 11 is 1.30. The van der Waals surface area contributed by atoms with Crippen LogP contribution in [0.2, 0.25) is 0 Å². The Balaban J connectivity index is 1.29. The molecule has 2 fully saturated rings. The van der Waals surface area contributed by atoms with Crippen molar-refractivity contribution in [1.29, 1.82) is 0 Å². The number of para-hydroxylation sites is 1. The smallest absolute Gasteiger partial charge is 0.412 e. The number of benzene rings is 1. The topological polar surface area (TPSA) is 174 Å². The number of hydrogen-bond acceptors (Lipinski definition) is 13. The Morgan fingerprint density at radius 1 is 1.04 bits per heavy atom. The van der Waals surface area contributed by atoms with Crippen LogP contribution < -0.4 is 20.7 Å². The van der Waals surface area contributed by atoms with Gasteiger partial charge in [0.25, 0.3) is 11.8 Å². The minimum absolute atomic E-state index is 0.000213. The van der Waals surface area contributed by atoms with E-state index in [9.17, 15) is 19.5 Å². The Labute approximate surface area is 270 Å². The number of rotatable bonds is 10. The van der Waals surface area contributed by atoms with Crippen LogP contribution in [0, 0.1) is 0 Å². The highest BCUT2D eigenvalue weighted by molar-refractivity contribution is 7.17. The molecule has 3 aromatic rings. The lowest BCUT2D eigenvalue weighted by Gasteiger charge is -2.42. The van der Waals surface area contributed by atoms with E-state index in [0.717, 1.165) is 45.6 Å². The molecule has 246 valence electrons. The summed E-state index contributed by atoms with van der Waals surface area (Å²) in [6.07, 6.45) is 2.73. The molecule has 1 aromatic carbocycles. The van der Waals surface area contributed by atoms with Gasteiger partial charge >= 0.3 is 6.09 Å². The SMILES string of the molecule is CNC(=O)c1nnc(NC(=O)OC)cc1Nc1cccc(-c2ncc(C(=O)N3CCC(N4CCN(CCO)CC4)CC3)s2)c1OC. The molecule has 2 saturated heterocycles. The lowest BCUT2D eigenvalue weighted by Crippen LogP contribution is -2.54. The highest BCUT2D eigenvalue weighted by atomic mass is 32.1. The van der Waals surface area contributed by atoms with Crippen LogP contribution >= 0.6 is 11.3 Å². The number of carbonyl (C=O) groups excluding carboxylic acids is 3. The molecule has 2 aliphatic heterocycles. The number of thiazole rings is 1. The predicted octanol–water partition coefficient (Wildman–Crippen LogP) is 2.10. The molecular weight excluding hydrogens is 614 g/mol. The lowest BCUT2D eigenvalue weighted by molar-refractivity contribution is 0.0453. The van der Waals surface area contributed by atoms with E-state index in [4.69, 9.17) is 4.74 Å². The molecule has 0 spiro atoms. The summed E-state index contributed by atoms with van der Waals surface area (Å²) in [7, 11) is 4.22. The molecule has 0 radical (unpaired) electrons.